The molecule has 2 rings (SSSR count). The summed E-state index contributed by atoms with van der Waals surface area (Å²) in [5, 5.41) is 3.45. The number of thiocarbonyl (C=S) groups is 1. The van der Waals surface area contributed by atoms with Crippen molar-refractivity contribution in [3.8, 4) is 0 Å². The average Bonchev–Trinajstić information content (AvgIpc) is 2.37. The van der Waals surface area contributed by atoms with Crippen LogP contribution in [0.5, 0.6) is 0 Å². The van der Waals surface area contributed by atoms with Crippen LogP contribution in [-0.2, 0) is 0 Å². The second-order valence-electron chi connectivity index (χ2n) is 5.39. The van der Waals surface area contributed by atoms with Crippen LogP contribution in [0.15, 0.2) is 30.3 Å². The summed E-state index contributed by atoms with van der Waals surface area (Å²) in [7, 11) is 0. The Hall–Kier alpha value is -1.94. The number of nitrogens with one attached hydrogen (secondary N) is 1. The number of hydrogen-bond acceptors (Lipinski definition) is 3. The van der Waals surface area contributed by atoms with Crippen LogP contribution in [0.1, 0.15) is 40.9 Å². The van der Waals surface area contributed by atoms with Crippen LogP contribution in [0.25, 0.3) is 0 Å². The van der Waals surface area contributed by atoms with Crippen molar-refractivity contribution in [2.75, 3.05) is 5.32 Å². The van der Waals surface area contributed by atoms with Gasteiger partial charge in [-0.3, -0.25) is 0 Å². The number of nitrogens with zero attached hydrogens (tertiary/aromatic N) is 1. The number of anilines is 1. The molecule has 4 heteroatoms. The zero-order chi connectivity index (χ0) is 15.6. The van der Waals surface area contributed by atoms with Crippen molar-refractivity contribution in [3.63, 3.8) is 0 Å². The molecule has 1 aromatic carbocycles. The lowest BCUT2D eigenvalue weighted by Crippen LogP contribution is -2.18. The van der Waals surface area contributed by atoms with Gasteiger partial charge in [-0.1, -0.05) is 36.5 Å². The molecule has 0 bridgehead atoms. The molecular weight excluding hydrogens is 278 g/mol. The summed E-state index contributed by atoms with van der Waals surface area (Å²) in [6.07, 6.45) is 0. The highest BCUT2D eigenvalue weighted by atomic mass is 32.1. The number of rotatable bonds is 4. The van der Waals surface area contributed by atoms with E-state index in [1.54, 1.807) is 0 Å². The Morgan fingerprint density at radius 1 is 1.19 bits per heavy atom. The SMILES string of the molecule is Cc1cc(C)c(C(N)=S)c(NC(C)c2ccccc2C)n1. The predicted octanol–water partition coefficient (Wildman–Crippen LogP) is 3.81. The van der Waals surface area contributed by atoms with E-state index < -0.39 is 0 Å². The second kappa shape index (κ2) is 6.22. The van der Waals surface area contributed by atoms with Crippen molar-refractivity contribution in [3.05, 3.63) is 58.3 Å². The zero-order valence-corrected chi connectivity index (χ0v) is 13.7. The second-order valence-corrected chi connectivity index (χ2v) is 5.83. The van der Waals surface area contributed by atoms with Crippen LogP contribution in [0.2, 0.25) is 0 Å². The molecule has 0 aliphatic rings. The minimum Gasteiger partial charge on any atom is -0.389 e. The molecule has 0 saturated carbocycles. The van der Waals surface area contributed by atoms with Gasteiger partial charge in [-0.05, 0) is 50.5 Å². The van der Waals surface area contributed by atoms with Crippen LogP contribution in [-0.4, -0.2) is 9.97 Å². The maximum Gasteiger partial charge on any atom is 0.137 e. The van der Waals surface area contributed by atoms with E-state index in [4.69, 9.17) is 18.0 Å². The molecule has 0 amide bonds. The van der Waals surface area contributed by atoms with Crippen molar-refractivity contribution in [1.82, 2.24) is 4.98 Å². The molecule has 0 radical (unpaired) electrons. The minimum atomic E-state index is 0.132. The number of nitrogens with two attached hydrogens (primary N) is 1. The third-order valence-corrected chi connectivity index (χ3v) is 3.80. The monoisotopic (exact) mass is 299 g/mol. The summed E-state index contributed by atoms with van der Waals surface area (Å²) in [5.41, 5.74) is 11.2. The van der Waals surface area contributed by atoms with Gasteiger partial charge < -0.3 is 11.1 Å². The molecule has 21 heavy (non-hydrogen) atoms. The average molecular weight is 299 g/mol. The van der Waals surface area contributed by atoms with E-state index in [1.165, 1.54) is 11.1 Å². The van der Waals surface area contributed by atoms with E-state index in [9.17, 15) is 0 Å². The summed E-state index contributed by atoms with van der Waals surface area (Å²) >= 11 is 5.17. The highest BCUT2D eigenvalue weighted by Crippen LogP contribution is 2.25. The van der Waals surface area contributed by atoms with E-state index in [-0.39, 0.29) is 6.04 Å². The summed E-state index contributed by atoms with van der Waals surface area (Å²) < 4.78 is 0. The third-order valence-electron chi connectivity index (χ3n) is 3.60. The van der Waals surface area contributed by atoms with Crippen LogP contribution in [0.4, 0.5) is 5.82 Å². The molecule has 0 saturated heterocycles. The van der Waals surface area contributed by atoms with Crippen molar-refractivity contribution in [2.24, 2.45) is 5.73 Å². The highest BCUT2D eigenvalue weighted by Gasteiger charge is 2.15. The number of hydrogen-bond donors (Lipinski definition) is 2. The smallest absolute Gasteiger partial charge is 0.137 e. The fourth-order valence-corrected chi connectivity index (χ4v) is 2.87. The molecule has 3 nitrogen and oxygen atoms in total. The molecule has 1 heterocycles. The molecule has 2 aromatic rings. The molecule has 0 aliphatic heterocycles. The Labute approximate surface area is 131 Å². The molecule has 3 N–H and O–H groups in total. The Bertz CT molecular complexity index is 680. The lowest BCUT2D eigenvalue weighted by atomic mass is 10.0. The van der Waals surface area contributed by atoms with E-state index in [2.05, 4.69) is 36.3 Å². The van der Waals surface area contributed by atoms with Crippen LogP contribution >= 0.6 is 12.2 Å². The Balaban J connectivity index is 2.40. The van der Waals surface area contributed by atoms with Crippen LogP contribution in [0, 0.1) is 20.8 Å². The maximum atomic E-state index is 5.86. The van der Waals surface area contributed by atoms with Gasteiger partial charge in [0, 0.05) is 5.69 Å². The Morgan fingerprint density at radius 2 is 1.86 bits per heavy atom. The molecule has 1 aromatic heterocycles. The largest absolute Gasteiger partial charge is 0.389 e. The molecule has 0 fully saturated rings. The molecule has 1 unspecified atom stereocenters. The first-order valence-corrected chi connectivity index (χ1v) is 7.41. The maximum absolute atomic E-state index is 5.86. The first kappa shape index (κ1) is 15.4. The van der Waals surface area contributed by atoms with Crippen molar-refractivity contribution >= 4 is 23.0 Å². The van der Waals surface area contributed by atoms with Gasteiger partial charge in [0.2, 0.25) is 0 Å². The fraction of sp³-hybridized carbons (Fsp3) is 0.294. The van der Waals surface area contributed by atoms with Gasteiger partial charge in [0.1, 0.15) is 10.8 Å². The normalized spacial score (nSPS) is 12.0. The van der Waals surface area contributed by atoms with Gasteiger partial charge in [-0.15, -0.1) is 0 Å². The molecule has 110 valence electrons. The van der Waals surface area contributed by atoms with E-state index in [1.807, 2.05) is 32.0 Å². The first-order valence-electron chi connectivity index (χ1n) is 7.00. The van der Waals surface area contributed by atoms with E-state index in [0.29, 0.717) is 4.99 Å². The molecule has 1 atom stereocenters. The van der Waals surface area contributed by atoms with Gasteiger partial charge in [0.15, 0.2) is 0 Å². The predicted molar refractivity (Wildman–Crippen MR) is 92.8 cm³/mol. The quantitative estimate of drug-likeness (QED) is 0.843. The summed E-state index contributed by atoms with van der Waals surface area (Å²) in [4.78, 5) is 4.95. The summed E-state index contributed by atoms with van der Waals surface area (Å²) in [6.45, 7) is 8.20. The fourth-order valence-electron chi connectivity index (χ4n) is 2.61. The first-order chi connectivity index (χ1) is 9.90. The zero-order valence-electron chi connectivity index (χ0n) is 12.9. The number of aromatic nitrogens is 1. The standard InChI is InChI=1S/C17H21N3S/c1-10-7-5-6-8-14(10)13(4)20-17-15(16(18)21)11(2)9-12(3)19-17/h5-9,13H,1-4H3,(H2,18,21)(H,19,20). The van der Waals surface area contributed by atoms with Gasteiger partial charge >= 0.3 is 0 Å². The van der Waals surface area contributed by atoms with Gasteiger partial charge in [-0.25, -0.2) is 4.98 Å². The van der Waals surface area contributed by atoms with Gasteiger partial charge in [0.05, 0.1) is 11.6 Å². The van der Waals surface area contributed by atoms with Crippen LogP contribution < -0.4 is 11.1 Å². The number of benzene rings is 1. The van der Waals surface area contributed by atoms with E-state index in [0.717, 1.165) is 22.6 Å². The number of pyridine rings is 1. The van der Waals surface area contributed by atoms with Crippen molar-refractivity contribution < 1.29 is 0 Å². The lowest BCUT2D eigenvalue weighted by molar-refractivity contribution is 0.861. The summed E-state index contributed by atoms with van der Waals surface area (Å²) in [6, 6.07) is 10.4. The highest BCUT2D eigenvalue weighted by molar-refractivity contribution is 7.80. The topological polar surface area (TPSA) is 50.9 Å². The lowest BCUT2D eigenvalue weighted by Gasteiger charge is -2.20. The van der Waals surface area contributed by atoms with E-state index >= 15 is 0 Å². The summed E-state index contributed by atoms with van der Waals surface area (Å²) in [5.74, 6) is 0.760. The van der Waals surface area contributed by atoms with Crippen molar-refractivity contribution in [2.45, 2.75) is 33.7 Å². The van der Waals surface area contributed by atoms with Crippen LogP contribution in [0.3, 0.4) is 0 Å². The molecule has 0 spiro atoms. The van der Waals surface area contributed by atoms with Gasteiger partial charge in [-0.2, -0.15) is 0 Å². The third kappa shape index (κ3) is 3.39. The Morgan fingerprint density at radius 3 is 2.48 bits per heavy atom. The van der Waals surface area contributed by atoms with Gasteiger partial charge in [0.25, 0.3) is 0 Å². The minimum absolute atomic E-state index is 0.132. The number of aryl methyl sites for hydroxylation is 3. The Kier molecular flexibility index (Phi) is 4.58. The molecule has 0 aliphatic carbocycles. The van der Waals surface area contributed by atoms with Crippen molar-refractivity contribution in [1.29, 1.82) is 0 Å². The molecular formula is C17H21N3S.